The maximum Gasteiger partial charge on any atom is 0.338 e. The van der Waals surface area contributed by atoms with Crippen LogP contribution in [0.1, 0.15) is 33.4 Å². The number of carbonyl (C=O) groups excluding carboxylic acids is 2. The van der Waals surface area contributed by atoms with Crippen LogP contribution in [0.5, 0.6) is 0 Å². The van der Waals surface area contributed by atoms with E-state index in [1.165, 1.54) is 0 Å². The van der Waals surface area contributed by atoms with Gasteiger partial charge in [-0.15, -0.1) is 0 Å². The van der Waals surface area contributed by atoms with Crippen LogP contribution >= 0.6 is 12.2 Å². The second kappa shape index (κ2) is 9.88. The molecule has 3 atom stereocenters. The van der Waals surface area contributed by atoms with Gasteiger partial charge in [-0.2, -0.15) is 0 Å². The van der Waals surface area contributed by atoms with Crippen molar-refractivity contribution in [2.75, 3.05) is 6.61 Å². The molecule has 3 aromatic rings. The second-order valence-electron chi connectivity index (χ2n) is 7.28. The standard InChI is InChI=1S/C23H19FN2O6S/c24-16-12-26(23(29)25-20(16)33)19-11-17(32-22(28)15-9-5-2-6-10-15)18(31-19)13-30-21(27)14-7-3-1-4-8-14/h1-10,12,17-19H,11,13H2,(H,25,29,33)/t17?,18-,19-/m1/s1. The minimum Gasteiger partial charge on any atom is -0.459 e. The van der Waals surface area contributed by atoms with E-state index in [4.69, 9.17) is 26.4 Å². The summed E-state index contributed by atoms with van der Waals surface area (Å²) in [7, 11) is 0. The number of nitrogens with one attached hydrogen (secondary N) is 1. The summed E-state index contributed by atoms with van der Waals surface area (Å²) in [6.07, 6.45) is -1.73. The Morgan fingerprint density at radius 3 is 2.30 bits per heavy atom. The summed E-state index contributed by atoms with van der Waals surface area (Å²) < 4.78 is 31.4. The third-order valence-electron chi connectivity index (χ3n) is 5.07. The molecule has 0 bridgehead atoms. The number of rotatable bonds is 6. The van der Waals surface area contributed by atoms with Gasteiger partial charge in [-0.25, -0.2) is 18.8 Å². The Labute approximate surface area is 192 Å². The summed E-state index contributed by atoms with van der Waals surface area (Å²) in [5.41, 5.74) is -0.00625. The number of H-pyrrole nitrogens is 1. The Hall–Kier alpha value is -3.63. The van der Waals surface area contributed by atoms with Crippen molar-refractivity contribution in [2.45, 2.75) is 24.9 Å². The molecule has 2 heterocycles. The van der Waals surface area contributed by atoms with Gasteiger partial charge in [0.05, 0.1) is 17.3 Å². The van der Waals surface area contributed by atoms with Crippen LogP contribution in [0.4, 0.5) is 4.39 Å². The van der Waals surface area contributed by atoms with E-state index in [0.29, 0.717) is 11.1 Å². The van der Waals surface area contributed by atoms with Gasteiger partial charge < -0.3 is 14.2 Å². The monoisotopic (exact) mass is 470 g/mol. The molecule has 33 heavy (non-hydrogen) atoms. The molecule has 4 rings (SSSR count). The fourth-order valence-electron chi connectivity index (χ4n) is 3.42. The number of carbonyl (C=O) groups is 2. The minimum absolute atomic E-state index is 0.0378. The van der Waals surface area contributed by atoms with Crippen molar-refractivity contribution in [3.63, 3.8) is 0 Å². The normalized spacial score (nSPS) is 19.7. The molecule has 1 saturated heterocycles. The molecule has 1 aliphatic heterocycles. The van der Waals surface area contributed by atoms with Crippen molar-refractivity contribution >= 4 is 24.2 Å². The van der Waals surface area contributed by atoms with Gasteiger partial charge in [0.2, 0.25) is 0 Å². The van der Waals surface area contributed by atoms with Gasteiger partial charge in [0, 0.05) is 6.42 Å². The first-order valence-electron chi connectivity index (χ1n) is 10.1. The smallest absolute Gasteiger partial charge is 0.338 e. The second-order valence-corrected chi connectivity index (χ2v) is 7.69. The van der Waals surface area contributed by atoms with Crippen molar-refractivity contribution in [3.05, 3.63) is 98.9 Å². The first-order chi connectivity index (χ1) is 15.9. The van der Waals surface area contributed by atoms with Gasteiger partial charge >= 0.3 is 17.6 Å². The summed E-state index contributed by atoms with van der Waals surface area (Å²) in [4.78, 5) is 39.4. The van der Waals surface area contributed by atoms with Crippen LogP contribution in [0.15, 0.2) is 71.7 Å². The average Bonchev–Trinajstić information content (AvgIpc) is 3.23. The van der Waals surface area contributed by atoms with Gasteiger partial charge in [0.25, 0.3) is 0 Å². The van der Waals surface area contributed by atoms with Crippen LogP contribution in [0.2, 0.25) is 0 Å². The Bertz CT molecular complexity index is 1260. The third kappa shape index (κ3) is 5.24. The van der Waals surface area contributed by atoms with Crippen LogP contribution in [0.3, 0.4) is 0 Å². The van der Waals surface area contributed by atoms with E-state index in [1.807, 2.05) is 0 Å². The van der Waals surface area contributed by atoms with Crippen LogP contribution in [0.25, 0.3) is 0 Å². The largest absolute Gasteiger partial charge is 0.459 e. The lowest BCUT2D eigenvalue weighted by Gasteiger charge is -2.19. The van der Waals surface area contributed by atoms with Gasteiger partial charge in [-0.1, -0.05) is 48.6 Å². The zero-order valence-corrected chi connectivity index (χ0v) is 18.0. The predicted molar refractivity (Wildman–Crippen MR) is 117 cm³/mol. The highest BCUT2D eigenvalue weighted by atomic mass is 32.1. The molecule has 170 valence electrons. The molecule has 1 N–H and O–H groups in total. The van der Waals surface area contributed by atoms with E-state index in [-0.39, 0.29) is 17.7 Å². The number of hydrogen-bond acceptors (Lipinski definition) is 7. The molecule has 0 radical (unpaired) electrons. The van der Waals surface area contributed by atoms with Crippen molar-refractivity contribution in [3.8, 4) is 0 Å². The summed E-state index contributed by atoms with van der Waals surface area (Å²) in [6.45, 7) is -0.239. The summed E-state index contributed by atoms with van der Waals surface area (Å²) in [5.74, 6) is -1.98. The van der Waals surface area contributed by atoms with Gasteiger partial charge in [0.15, 0.2) is 5.82 Å². The third-order valence-corrected chi connectivity index (χ3v) is 5.37. The van der Waals surface area contributed by atoms with Gasteiger partial charge in [0.1, 0.15) is 29.7 Å². The van der Waals surface area contributed by atoms with Gasteiger partial charge in [-0.3, -0.25) is 9.55 Å². The Balaban J connectivity index is 1.53. The van der Waals surface area contributed by atoms with E-state index in [1.54, 1.807) is 60.7 Å². The molecule has 1 aromatic heterocycles. The molecule has 1 fully saturated rings. The highest BCUT2D eigenvalue weighted by Crippen LogP contribution is 2.31. The van der Waals surface area contributed by atoms with Crippen LogP contribution in [0, 0.1) is 10.5 Å². The van der Waals surface area contributed by atoms with Crippen LogP contribution < -0.4 is 5.69 Å². The number of halogens is 1. The number of hydrogen-bond donors (Lipinski definition) is 1. The Morgan fingerprint density at radius 2 is 1.67 bits per heavy atom. The fourth-order valence-corrected chi connectivity index (χ4v) is 3.56. The van der Waals surface area contributed by atoms with Gasteiger partial charge in [-0.05, 0) is 24.3 Å². The Morgan fingerprint density at radius 1 is 1.06 bits per heavy atom. The lowest BCUT2D eigenvalue weighted by atomic mass is 10.1. The first kappa shape index (κ1) is 22.6. The number of benzene rings is 2. The SMILES string of the molecule is O=C(OC[C@H]1O[C@@H](n2cc(F)c(=S)[nH]c2=O)CC1OC(=O)c1ccccc1)c1ccccc1. The summed E-state index contributed by atoms with van der Waals surface area (Å²) >= 11 is 4.74. The molecule has 0 saturated carbocycles. The zero-order chi connectivity index (χ0) is 23.4. The van der Waals surface area contributed by atoms with Crippen LogP contribution in [-0.4, -0.2) is 40.3 Å². The first-order valence-corrected chi connectivity index (χ1v) is 10.5. The van der Waals surface area contributed by atoms with Crippen LogP contribution in [-0.2, 0) is 14.2 Å². The molecule has 0 aliphatic carbocycles. The minimum atomic E-state index is -0.965. The Kier molecular flexibility index (Phi) is 6.76. The molecule has 0 amide bonds. The molecule has 0 spiro atoms. The average molecular weight is 470 g/mol. The summed E-state index contributed by atoms with van der Waals surface area (Å²) in [6, 6.07) is 16.7. The number of esters is 2. The number of aromatic nitrogens is 2. The highest BCUT2D eigenvalue weighted by molar-refractivity contribution is 7.71. The van der Waals surface area contributed by atoms with Crippen molar-refractivity contribution in [2.24, 2.45) is 0 Å². The van der Waals surface area contributed by atoms with E-state index in [9.17, 15) is 18.8 Å². The van der Waals surface area contributed by atoms with Crippen molar-refractivity contribution in [1.29, 1.82) is 0 Å². The zero-order valence-electron chi connectivity index (χ0n) is 17.2. The highest BCUT2D eigenvalue weighted by Gasteiger charge is 2.40. The number of aromatic amines is 1. The lowest BCUT2D eigenvalue weighted by molar-refractivity contribution is -0.0584. The number of ether oxygens (including phenoxy) is 3. The molecule has 10 heteroatoms. The van der Waals surface area contributed by atoms with E-state index in [0.717, 1.165) is 10.8 Å². The van der Waals surface area contributed by atoms with E-state index < -0.39 is 41.9 Å². The quantitative estimate of drug-likeness (QED) is 0.435. The van der Waals surface area contributed by atoms with E-state index >= 15 is 0 Å². The molecule has 8 nitrogen and oxygen atoms in total. The van der Waals surface area contributed by atoms with Crippen molar-refractivity contribution < 1.29 is 28.2 Å². The molecule has 2 aromatic carbocycles. The molecular weight excluding hydrogens is 451 g/mol. The van der Waals surface area contributed by atoms with E-state index in [2.05, 4.69) is 4.98 Å². The predicted octanol–water partition coefficient (Wildman–Crippen LogP) is 3.42. The number of nitrogens with zero attached hydrogens (tertiary/aromatic N) is 1. The maximum absolute atomic E-state index is 14.0. The lowest BCUT2D eigenvalue weighted by Crippen LogP contribution is -2.32. The summed E-state index contributed by atoms with van der Waals surface area (Å²) in [5, 5.41) is 0. The molecular formula is C23H19FN2O6S. The fraction of sp³-hybridized carbons (Fsp3) is 0.217. The molecule has 1 aliphatic rings. The molecule has 1 unspecified atom stereocenters. The topological polar surface area (TPSA) is 99.6 Å². The van der Waals surface area contributed by atoms with Crippen molar-refractivity contribution in [1.82, 2.24) is 9.55 Å². The maximum atomic E-state index is 14.0.